The van der Waals surface area contributed by atoms with Crippen molar-refractivity contribution >= 4 is 11.8 Å². The summed E-state index contributed by atoms with van der Waals surface area (Å²) in [6, 6.07) is 0. The van der Waals surface area contributed by atoms with Gasteiger partial charge < -0.3 is 20.9 Å². The first kappa shape index (κ1) is 13.8. The van der Waals surface area contributed by atoms with E-state index < -0.39 is 29.4 Å². The van der Waals surface area contributed by atoms with Crippen molar-refractivity contribution in [2.75, 3.05) is 0 Å². The number of hydrogen-bond acceptors (Lipinski definition) is 5. The van der Waals surface area contributed by atoms with E-state index in [1.54, 1.807) is 20.0 Å². The van der Waals surface area contributed by atoms with Gasteiger partial charge in [-0.3, -0.25) is 14.6 Å². The summed E-state index contributed by atoms with van der Waals surface area (Å²) in [7, 11) is 0. The molecule has 21 heavy (non-hydrogen) atoms. The third-order valence-corrected chi connectivity index (χ3v) is 4.19. The summed E-state index contributed by atoms with van der Waals surface area (Å²) in [5.74, 6) is -1.97. The van der Waals surface area contributed by atoms with Crippen molar-refractivity contribution in [2.45, 2.75) is 38.5 Å². The van der Waals surface area contributed by atoms with Crippen LogP contribution in [0.4, 0.5) is 0 Å². The number of rotatable bonds is 2. The lowest BCUT2D eigenvalue weighted by Crippen LogP contribution is -2.62. The first-order valence-electron chi connectivity index (χ1n) is 6.76. The molecular weight excluding hydrogens is 274 g/mol. The highest BCUT2D eigenvalue weighted by atomic mass is 16.5. The molecule has 0 aliphatic carbocycles. The van der Waals surface area contributed by atoms with Crippen LogP contribution in [0.5, 0.6) is 5.75 Å². The summed E-state index contributed by atoms with van der Waals surface area (Å²) in [4.78, 5) is 28.1. The van der Waals surface area contributed by atoms with Crippen molar-refractivity contribution < 1.29 is 19.4 Å². The Balaban J connectivity index is 2.23. The molecule has 1 fully saturated rings. The second-order valence-electron chi connectivity index (χ2n) is 5.78. The van der Waals surface area contributed by atoms with Gasteiger partial charge in [0, 0.05) is 29.7 Å². The normalized spacial score (nSPS) is 30.1. The molecule has 1 saturated heterocycles. The number of nitrogens with one attached hydrogen (secondary N) is 1. The number of fused-ring (bicyclic) bond motifs is 4. The summed E-state index contributed by atoms with van der Waals surface area (Å²) in [5.41, 5.74) is 6.39. The number of piperidine rings is 1. The molecule has 3 rings (SSSR count). The SMILES string of the molecule is Cc1ncc(CO)c2c1O[C@]1(C)C[C@H]2[C@H](C(N)=O)C(=O)N1. The number of carbonyl (C=O) groups excluding carboxylic acids is 2. The van der Waals surface area contributed by atoms with Crippen LogP contribution in [0.1, 0.15) is 36.1 Å². The average Bonchev–Trinajstić information content (AvgIpc) is 2.38. The number of aliphatic hydroxyl groups excluding tert-OH is 1. The van der Waals surface area contributed by atoms with Crippen molar-refractivity contribution in [1.82, 2.24) is 10.3 Å². The summed E-state index contributed by atoms with van der Waals surface area (Å²) in [6.45, 7) is 3.30. The van der Waals surface area contributed by atoms with Crippen LogP contribution in [-0.2, 0) is 16.2 Å². The fourth-order valence-electron chi connectivity index (χ4n) is 3.30. The molecular formula is C14H17N3O4. The lowest BCUT2D eigenvalue weighted by molar-refractivity contribution is -0.145. The second kappa shape index (κ2) is 4.42. The van der Waals surface area contributed by atoms with Gasteiger partial charge in [0.2, 0.25) is 11.8 Å². The van der Waals surface area contributed by atoms with Gasteiger partial charge >= 0.3 is 0 Å². The van der Waals surface area contributed by atoms with Gasteiger partial charge in [-0.2, -0.15) is 0 Å². The van der Waals surface area contributed by atoms with E-state index in [9.17, 15) is 14.7 Å². The van der Waals surface area contributed by atoms with Gasteiger partial charge in [-0.15, -0.1) is 0 Å². The van der Waals surface area contributed by atoms with E-state index in [0.29, 0.717) is 29.0 Å². The Labute approximate surface area is 121 Å². The number of nitrogens with two attached hydrogens (primary N) is 1. The van der Waals surface area contributed by atoms with Gasteiger partial charge in [0.15, 0.2) is 5.72 Å². The zero-order valence-corrected chi connectivity index (χ0v) is 11.8. The Morgan fingerprint density at radius 1 is 1.67 bits per heavy atom. The van der Waals surface area contributed by atoms with Gasteiger partial charge in [0.25, 0.3) is 0 Å². The number of hydrogen-bond donors (Lipinski definition) is 3. The minimum atomic E-state index is -0.965. The topological polar surface area (TPSA) is 115 Å². The number of pyridine rings is 1. The molecule has 7 heteroatoms. The number of aliphatic hydroxyl groups is 1. The molecule has 7 nitrogen and oxygen atoms in total. The maximum absolute atomic E-state index is 12.2. The van der Waals surface area contributed by atoms with E-state index in [2.05, 4.69) is 10.3 Å². The Kier molecular flexibility index (Phi) is 2.91. The minimum Gasteiger partial charge on any atom is -0.466 e. The summed E-state index contributed by atoms with van der Waals surface area (Å²) >= 11 is 0. The highest BCUT2D eigenvalue weighted by Gasteiger charge is 2.52. The first-order chi connectivity index (χ1) is 9.86. The molecule has 112 valence electrons. The van der Waals surface area contributed by atoms with Crippen LogP contribution in [0.25, 0.3) is 0 Å². The van der Waals surface area contributed by atoms with Crippen molar-refractivity contribution in [3.63, 3.8) is 0 Å². The molecule has 2 amide bonds. The van der Waals surface area contributed by atoms with Crippen LogP contribution >= 0.6 is 0 Å². The Morgan fingerprint density at radius 2 is 2.38 bits per heavy atom. The fourth-order valence-corrected chi connectivity index (χ4v) is 3.30. The number of aryl methyl sites for hydroxylation is 1. The van der Waals surface area contributed by atoms with Crippen molar-refractivity contribution in [3.8, 4) is 5.75 Å². The van der Waals surface area contributed by atoms with E-state index in [1.807, 2.05) is 0 Å². The third-order valence-electron chi connectivity index (χ3n) is 4.19. The first-order valence-corrected chi connectivity index (χ1v) is 6.76. The van der Waals surface area contributed by atoms with E-state index in [4.69, 9.17) is 10.5 Å². The maximum Gasteiger partial charge on any atom is 0.236 e. The highest BCUT2D eigenvalue weighted by Crippen LogP contribution is 2.48. The average molecular weight is 291 g/mol. The van der Waals surface area contributed by atoms with Crippen LogP contribution in [-0.4, -0.2) is 27.6 Å². The molecule has 2 aliphatic rings. The van der Waals surface area contributed by atoms with E-state index >= 15 is 0 Å². The third kappa shape index (κ3) is 1.96. The lowest BCUT2D eigenvalue weighted by atomic mass is 9.73. The molecule has 1 aromatic heterocycles. The number of carbonyl (C=O) groups is 2. The molecule has 2 aliphatic heterocycles. The summed E-state index contributed by atoms with van der Waals surface area (Å²) < 4.78 is 5.90. The van der Waals surface area contributed by atoms with Crippen LogP contribution in [0.3, 0.4) is 0 Å². The predicted octanol–water partition coefficient (Wildman–Crippen LogP) is -0.304. The van der Waals surface area contributed by atoms with Crippen LogP contribution in [0.15, 0.2) is 6.20 Å². The minimum absolute atomic E-state index is 0.237. The number of primary amides is 1. The van der Waals surface area contributed by atoms with Crippen molar-refractivity contribution in [3.05, 3.63) is 23.0 Å². The number of ether oxygens (including phenoxy) is 1. The lowest BCUT2D eigenvalue weighted by Gasteiger charge is -2.47. The molecule has 2 bridgehead atoms. The zero-order chi connectivity index (χ0) is 15.4. The van der Waals surface area contributed by atoms with Crippen LogP contribution < -0.4 is 15.8 Å². The molecule has 0 saturated carbocycles. The quantitative estimate of drug-likeness (QED) is 0.647. The van der Waals surface area contributed by atoms with Crippen LogP contribution in [0, 0.1) is 12.8 Å². The fraction of sp³-hybridized carbons (Fsp3) is 0.500. The van der Waals surface area contributed by atoms with Crippen molar-refractivity contribution in [1.29, 1.82) is 0 Å². The Bertz CT molecular complexity index is 645. The van der Waals surface area contributed by atoms with Crippen LogP contribution in [0.2, 0.25) is 0 Å². The number of amides is 2. The molecule has 0 radical (unpaired) electrons. The predicted molar refractivity (Wildman–Crippen MR) is 72.1 cm³/mol. The van der Waals surface area contributed by atoms with Gasteiger partial charge in [-0.25, -0.2) is 0 Å². The number of aromatic nitrogens is 1. The zero-order valence-electron chi connectivity index (χ0n) is 11.8. The van der Waals surface area contributed by atoms with Gasteiger partial charge in [-0.05, 0) is 13.8 Å². The van der Waals surface area contributed by atoms with Gasteiger partial charge in [-0.1, -0.05) is 0 Å². The van der Waals surface area contributed by atoms with Crippen molar-refractivity contribution in [2.24, 2.45) is 11.7 Å². The molecule has 0 spiro atoms. The summed E-state index contributed by atoms with van der Waals surface area (Å²) in [5, 5.41) is 12.2. The standard InChI is InChI=1S/C14H17N3O4/c1-6-11-9(7(5-18)4-16-6)8-3-14(2,21-11)17-13(20)10(8)12(15)19/h4,8,10,18H,3,5H2,1-2H3,(H2,15,19)(H,17,20)/t8-,10-,14-/m1/s1. The molecule has 1 aromatic rings. The smallest absolute Gasteiger partial charge is 0.236 e. The molecule has 0 unspecified atom stereocenters. The Morgan fingerprint density at radius 3 is 3.00 bits per heavy atom. The van der Waals surface area contributed by atoms with E-state index in [1.165, 1.54) is 0 Å². The number of nitrogens with zero attached hydrogens (tertiary/aromatic N) is 1. The molecule has 0 aromatic carbocycles. The van der Waals surface area contributed by atoms with E-state index in [-0.39, 0.29) is 6.61 Å². The van der Waals surface area contributed by atoms with Gasteiger partial charge in [0.05, 0.1) is 12.3 Å². The Hall–Kier alpha value is -2.15. The largest absolute Gasteiger partial charge is 0.466 e. The highest BCUT2D eigenvalue weighted by molar-refractivity contribution is 6.01. The maximum atomic E-state index is 12.2. The molecule has 3 atom stereocenters. The molecule has 3 heterocycles. The van der Waals surface area contributed by atoms with Gasteiger partial charge in [0.1, 0.15) is 11.7 Å². The summed E-state index contributed by atoms with van der Waals surface area (Å²) in [6.07, 6.45) is 1.97. The van der Waals surface area contributed by atoms with E-state index in [0.717, 1.165) is 0 Å². The second-order valence-corrected chi connectivity index (χ2v) is 5.78. The monoisotopic (exact) mass is 291 g/mol. The molecule has 4 N–H and O–H groups in total.